The number of nitrogens with zero attached hydrogens (tertiary/aromatic N) is 4. The maximum atomic E-state index is 13.7. The molecule has 1 amide bonds. The molecule has 3 N–H and O–H groups in total. The molecule has 2 aliphatic heterocycles. The van der Waals surface area contributed by atoms with Crippen molar-refractivity contribution in [3.63, 3.8) is 0 Å². The number of hydrogen-bond donors (Lipinski definition) is 3. The van der Waals surface area contributed by atoms with E-state index < -0.39 is 47.3 Å². The summed E-state index contributed by atoms with van der Waals surface area (Å²) in [5.74, 6) is -3.38. The quantitative estimate of drug-likeness (QED) is 0.377. The van der Waals surface area contributed by atoms with Crippen LogP contribution in [-0.4, -0.2) is 73.4 Å². The summed E-state index contributed by atoms with van der Waals surface area (Å²) in [5.41, 5.74) is 2.69. The predicted octanol–water partition coefficient (Wildman–Crippen LogP) is 3.40. The Kier molecular flexibility index (Phi) is 6.41. The summed E-state index contributed by atoms with van der Waals surface area (Å²) in [5, 5.41) is 12.7. The number of pyridine rings is 1. The number of fused-ring (bicyclic) bond motifs is 1. The molecule has 6 rings (SSSR count). The van der Waals surface area contributed by atoms with Crippen LogP contribution >= 0.6 is 0 Å². The molecule has 10 nitrogen and oxygen atoms in total. The highest BCUT2D eigenvalue weighted by atomic mass is 32.2. The zero-order valence-electron chi connectivity index (χ0n) is 22.2. The number of alkyl halides is 2. The summed E-state index contributed by atoms with van der Waals surface area (Å²) in [7, 11) is -1.93. The van der Waals surface area contributed by atoms with Crippen LogP contribution in [0.3, 0.4) is 0 Å². The first-order valence-corrected chi connectivity index (χ1v) is 15.0. The second-order valence-electron chi connectivity index (χ2n) is 11.2. The van der Waals surface area contributed by atoms with Crippen LogP contribution < -0.4 is 19.8 Å². The van der Waals surface area contributed by atoms with Crippen molar-refractivity contribution >= 4 is 49.7 Å². The number of aryl methyl sites for hydroxylation is 1. The fourth-order valence-corrected chi connectivity index (χ4v) is 6.52. The van der Waals surface area contributed by atoms with Gasteiger partial charge >= 0.3 is 0 Å². The summed E-state index contributed by atoms with van der Waals surface area (Å²) in [6.45, 7) is 0.133. The van der Waals surface area contributed by atoms with E-state index in [1.807, 2.05) is 6.07 Å². The summed E-state index contributed by atoms with van der Waals surface area (Å²) in [6, 6.07) is 8.35. The van der Waals surface area contributed by atoms with Crippen LogP contribution in [0.25, 0.3) is 10.9 Å². The lowest BCUT2D eigenvalue weighted by molar-refractivity contribution is -0.0265. The van der Waals surface area contributed by atoms with Gasteiger partial charge in [0.2, 0.25) is 10.0 Å². The van der Waals surface area contributed by atoms with Gasteiger partial charge < -0.3 is 24.8 Å². The van der Waals surface area contributed by atoms with Crippen LogP contribution in [0.5, 0.6) is 0 Å². The van der Waals surface area contributed by atoms with Gasteiger partial charge in [0.25, 0.3) is 11.8 Å². The summed E-state index contributed by atoms with van der Waals surface area (Å²) in [4.78, 5) is 21.6. The number of piperidine rings is 1. The van der Waals surface area contributed by atoms with Crippen LogP contribution in [0.1, 0.15) is 36.2 Å². The molecule has 2 aromatic heterocycles. The predicted molar refractivity (Wildman–Crippen MR) is 150 cm³/mol. The highest BCUT2D eigenvalue weighted by molar-refractivity contribution is 7.92. The topological polar surface area (TPSA) is 120 Å². The standard InChI is InChI=1S/C27H32F2N6O4S/c1-33-9-4-18-14-21(30-24(23(18)33)35-16-27(28,29)17-35)25(37)31-20-3-2-19(32-40(38,39)13-12-36)15-22(20)34-10-7-26(5-6-26)8-11-34/h2-4,9,14-15,32,36H,5-8,10-13,16-17H2,1H3,(H,31,37). The molecule has 0 bridgehead atoms. The minimum Gasteiger partial charge on any atom is -0.395 e. The van der Waals surface area contributed by atoms with Gasteiger partial charge in [0.05, 0.1) is 48.0 Å². The minimum absolute atomic E-state index is 0.0955. The van der Waals surface area contributed by atoms with Crippen molar-refractivity contribution in [2.45, 2.75) is 31.6 Å². The van der Waals surface area contributed by atoms with E-state index in [1.165, 1.54) is 17.7 Å². The van der Waals surface area contributed by atoms with E-state index >= 15 is 0 Å². The number of aromatic nitrogens is 2. The van der Waals surface area contributed by atoms with Crippen LogP contribution in [0.15, 0.2) is 36.5 Å². The molecular formula is C27H32F2N6O4S. The highest BCUT2D eigenvalue weighted by Crippen LogP contribution is 2.54. The second-order valence-corrected chi connectivity index (χ2v) is 13.1. The summed E-state index contributed by atoms with van der Waals surface area (Å²) in [6.07, 6.45) is 6.30. The monoisotopic (exact) mass is 574 g/mol. The summed E-state index contributed by atoms with van der Waals surface area (Å²) >= 11 is 0. The molecule has 1 aliphatic carbocycles. The molecule has 3 fully saturated rings. The zero-order chi connectivity index (χ0) is 28.3. The SMILES string of the molecule is Cn1ccc2cc(C(=O)Nc3ccc(NS(=O)(=O)CCO)cc3N3CCC4(CC3)CC4)nc(N3CC(F)(F)C3)c21. The zero-order valence-corrected chi connectivity index (χ0v) is 23.0. The van der Waals surface area contributed by atoms with Gasteiger partial charge in [-0.3, -0.25) is 9.52 Å². The number of anilines is 4. The Balaban J connectivity index is 1.31. The highest BCUT2D eigenvalue weighted by Gasteiger charge is 2.46. The number of nitrogens with one attached hydrogen (secondary N) is 2. The normalized spacial score (nSPS) is 19.5. The Morgan fingerprint density at radius 3 is 2.45 bits per heavy atom. The molecule has 4 heterocycles. The van der Waals surface area contributed by atoms with E-state index in [-0.39, 0.29) is 5.69 Å². The number of amides is 1. The maximum absolute atomic E-state index is 13.7. The third-order valence-electron chi connectivity index (χ3n) is 8.21. The van der Waals surface area contributed by atoms with E-state index in [2.05, 4.69) is 19.9 Å². The molecule has 3 aromatic rings. The number of sulfonamides is 1. The lowest BCUT2D eigenvalue weighted by Crippen LogP contribution is -2.56. The van der Waals surface area contributed by atoms with Crippen molar-refractivity contribution < 1.29 is 27.1 Å². The lowest BCUT2D eigenvalue weighted by Gasteiger charge is -2.40. The summed E-state index contributed by atoms with van der Waals surface area (Å²) < 4.78 is 56.2. The first-order valence-electron chi connectivity index (χ1n) is 13.4. The number of benzene rings is 1. The van der Waals surface area contributed by atoms with Crippen molar-refractivity contribution in [3.8, 4) is 0 Å². The van der Waals surface area contributed by atoms with Gasteiger partial charge in [-0.25, -0.2) is 22.2 Å². The average Bonchev–Trinajstić information content (AvgIpc) is 3.53. The van der Waals surface area contributed by atoms with Gasteiger partial charge in [0, 0.05) is 31.7 Å². The number of carbonyl (C=O) groups is 1. The molecule has 3 aliphatic rings. The third-order valence-corrected chi connectivity index (χ3v) is 9.48. The van der Waals surface area contributed by atoms with E-state index in [9.17, 15) is 22.0 Å². The van der Waals surface area contributed by atoms with E-state index in [4.69, 9.17) is 5.11 Å². The molecule has 0 atom stereocenters. The van der Waals surface area contributed by atoms with Crippen molar-refractivity contribution in [1.29, 1.82) is 0 Å². The molecule has 1 aromatic carbocycles. The lowest BCUT2D eigenvalue weighted by atomic mass is 9.93. The first kappa shape index (κ1) is 26.8. The smallest absolute Gasteiger partial charge is 0.282 e. The van der Waals surface area contributed by atoms with Crippen LogP contribution in [0.2, 0.25) is 0 Å². The Labute approximate surface area is 231 Å². The van der Waals surface area contributed by atoms with Crippen molar-refractivity contribution in [1.82, 2.24) is 9.55 Å². The van der Waals surface area contributed by atoms with E-state index in [0.717, 1.165) is 25.9 Å². The number of rotatable bonds is 8. The van der Waals surface area contributed by atoms with E-state index in [0.29, 0.717) is 39.2 Å². The third kappa shape index (κ3) is 5.19. The first-order chi connectivity index (χ1) is 19.0. The Bertz CT molecular complexity index is 1570. The number of carbonyl (C=O) groups excluding carboxylic acids is 1. The molecule has 214 valence electrons. The Morgan fingerprint density at radius 2 is 1.80 bits per heavy atom. The fraction of sp³-hybridized carbons (Fsp3) is 0.481. The average molecular weight is 575 g/mol. The molecule has 2 saturated heterocycles. The molecule has 1 saturated carbocycles. The van der Waals surface area contributed by atoms with Gasteiger partial charge in [-0.15, -0.1) is 0 Å². The Morgan fingerprint density at radius 1 is 1.07 bits per heavy atom. The van der Waals surface area contributed by atoms with Gasteiger partial charge in [-0.1, -0.05) is 0 Å². The molecule has 1 spiro atoms. The van der Waals surface area contributed by atoms with Crippen molar-refractivity contribution in [3.05, 3.63) is 42.2 Å². The van der Waals surface area contributed by atoms with Crippen molar-refractivity contribution in [2.75, 3.05) is 58.4 Å². The molecule has 40 heavy (non-hydrogen) atoms. The van der Waals surface area contributed by atoms with Crippen molar-refractivity contribution in [2.24, 2.45) is 12.5 Å². The Hall–Kier alpha value is -3.45. The minimum atomic E-state index is -3.73. The number of halogens is 2. The van der Waals surface area contributed by atoms with Gasteiger partial charge in [-0.05, 0) is 61.4 Å². The van der Waals surface area contributed by atoms with Gasteiger partial charge in [-0.2, -0.15) is 0 Å². The van der Waals surface area contributed by atoms with Crippen LogP contribution in [0.4, 0.5) is 31.7 Å². The number of aliphatic hydroxyl groups is 1. The number of aliphatic hydroxyl groups excluding tert-OH is 1. The largest absolute Gasteiger partial charge is 0.395 e. The number of hydrogen-bond acceptors (Lipinski definition) is 7. The molecule has 13 heteroatoms. The maximum Gasteiger partial charge on any atom is 0.282 e. The van der Waals surface area contributed by atoms with Gasteiger partial charge in [0.15, 0.2) is 5.82 Å². The molecular weight excluding hydrogens is 542 g/mol. The molecule has 0 unspecified atom stereocenters. The van der Waals surface area contributed by atoms with Crippen LogP contribution in [0, 0.1) is 5.41 Å². The fourth-order valence-electron chi connectivity index (χ4n) is 5.70. The van der Waals surface area contributed by atoms with Gasteiger partial charge in [0.1, 0.15) is 5.69 Å². The second kappa shape index (κ2) is 9.58. The van der Waals surface area contributed by atoms with E-state index in [1.54, 1.807) is 42.1 Å². The molecule has 0 radical (unpaired) electrons. The van der Waals surface area contributed by atoms with Crippen LogP contribution in [-0.2, 0) is 17.1 Å².